The Morgan fingerprint density at radius 1 is 1.05 bits per heavy atom. The predicted octanol–water partition coefficient (Wildman–Crippen LogP) is 5.13. The summed E-state index contributed by atoms with van der Waals surface area (Å²) in [4.78, 5) is 22.4. The number of halogens is 3. The van der Waals surface area contributed by atoms with Crippen molar-refractivity contribution in [3.8, 4) is 0 Å². The molecule has 0 aromatic heterocycles. The fourth-order valence-corrected chi connectivity index (χ4v) is 3.36. The molecule has 0 aliphatic carbocycles. The molecular formula is C13H7Br3N2O3. The standard InChI is InChI=1S/C13H7Br3N2O3/c14-7-1-3-9(10(15)5-7)13(19)17-8-2-4-12(18(20)21)11(16)6-8/h1-6H,(H,17,19). The van der Waals surface area contributed by atoms with Gasteiger partial charge in [0, 0.05) is 20.7 Å². The zero-order valence-corrected chi connectivity index (χ0v) is 15.0. The van der Waals surface area contributed by atoms with Gasteiger partial charge in [0.25, 0.3) is 11.6 Å². The molecule has 2 aromatic carbocycles. The van der Waals surface area contributed by atoms with Crippen molar-refractivity contribution in [3.63, 3.8) is 0 Å². The van der Waals surface area contributed by atoms with Crippen LogP contribution in [0.4, 0.5) is 11.4 Å². The number of nitro groups is 1. The first-order chi connectivity index (χ1) is 9.88. The molecule has 0 saturated carbocycles. The van der Waals surface area contributed by atoms with E-state index in [1.807, 2.05) is 0 Å². The second-order valence-electron chi connectivity index (χ2n) is 4.00. The molecule has 0 bridgehead atoms. The highest BCUT2D eigenvalue weighted by Gasteiger charge is 2.14. The summed E-state index contributed by atoms with van der Waals surface area (Å²) in [6.45, 7) is 0. The van der Waals surface area contributed by atoms with Crippen LogP contribution in [0.1, 0.15) is 10.4 Å². The summed E-state index contributed by atoms with van der Waals surface area (Å²) in [5.74, 6) is -0.310. The van der Waals surface area contributed by atoms with Crippen molar-refractivity contribution in [3.05, 3.63) is 65.5 Å². The molecule has 0 aliphatic heterocycles. The number of amides is 1. The quantitative estimate of drug-likeness (QED) is 0.490. The highest BCUT2D eigenvalue weighted by molar-refractivity contribution is 9.11. The van der Waals surface area contributed by atoms with Crippen molar-refractivity contribution in [2.45, 2.75) is 0 Å². The van der Waals surface area contributed by atoms with Crippen LogP contribution in [0.5, 0.6) is 0 Å². The average molecular weight is 479 g/mol. The smallest absolute Gasteiger partial charge is 0.283 e. The summed E-state index contributed by atoms with van der Waals surface area (Å²) >= 11 is 9.74. The number of nitrogens with one attached hydrogen (secondary N) is 1. The minimum Gasteiger partial charge on any atom is -0.322 e. The van der Waals surface area contributed by atoms with E-state index >= 15 is 0 Å². The number of carbonyl (C=O) groups is 1. The number of nitro benzene ring substituents is 1. The summed E-state index contributed by atoms with van der Waals surface area (Å²) in [6.07, 6.45) is 0. The third kappa shape index (κ3) is 3.90. The van der Waals surface area contributed by atoms with E-state index in [-0.39, 0.29) is 11.6 Å². The first kappa shape index (κ1) is 16.1. The van der Waals surface area contributed by atoms with Crippen LogP contribution in [0.2, 0.25) is 0 Å². The summed E-state index contributed by atoms with van der Waals surface area (Å²) in [7, 11) is 0. The zero-order valence-electron chi connectivity index (χ0n) is 10.3. The molecular weight excluding hydrogens is 472 g/mol. The Hall–Kier alpha value is -1.25. The molecule has 1 N–H and O–H groups in total. The van der Waals surface area contributed by atoms with Gasteiger partial charge in [-0.05, 0) is 62.2 Å². The number of nitrogens with zero attached hydrogens (tertiary/aromatic N) is 1. The van der Waals surface area contributed by atoms with Crippen molar-refractivity contribution < 1.29 is 9.72 Å². The fourth-order valence-electron chi connectivity index (χ4n) is 1.60. The Balaban J connectivity index is 2.23. The molecule has 0 aliphatic rings. The van der Waals surface area contributed by atoms with Gasteiger partial charge < -0.3 is 5.32 Å². The van der Waals surface area contributed by atoms with Crippen LogP contribution >= 0.6 is 47.8 Å². The van der Waals surface area contributed by atoms with E-state index in [2.05, 4.69) is 53.1 Å². The second-order valence-corrected chi connectivity index (χ2v) is 6.63. The van der Waals surface area contributed by atoms with Gasteiger partial charge in [-0.1, -0.05) is 15.9 Å². The lowest BCUT2D eigenvalue weighted by Crippen LogP contribution is -2.12. The van der Waals surface area contributed by atoms with Gasteiger partial charge in [0.15, 0.2) is 0 Å². The lowest BCUT2D eigenvalue weighted by molar-refractivity contribution is -0.385. The average Bonchev–Trinajstić information content (AvgIpc) is 2.37. The van der Waals surface area contributed by atoms with Crippen LogP contribution in [-0.4, -0.2) is 10.8 Å². The molecule has 5 nitrogen and oxygen atoms in total. The normalized spacial score (nSPS) is 10.2. The first-order valence-electron chi connectivity index (χ1n) is 5.59. The molecule has 2 rings (SSSR count). The van der Waals surface area contributed by atoms with E-state index in [1.54, 1.807) is 18.2 Å². The monoisotopic (exact) mass is 476 g/mol. The third-order valence-corrected chi connectivity index (χ3v) is 4.36. The van der Waals surface area contributed by atoms with Gasteiger partial charge in [-0.25, -0.2) is 0 Å². The van der Waals surface area contributed by atoms with Gasteiger partial charge in [0.1, 0.15) is 0 Å². The topological polar surface area (TPSA) is 72.2 Å². The van der Waals surface area contributed by atoms with Gasteiger partial charge in [0.05, 0.1) is 15.0 Å². The van der Waals surface area contributed by atoms with Gasteiger partial charge in [-0.2, -0.15) is 0 Å². The Kier molecular flexibility index (Phi) is 5.13. The number of rotatable bonds is 3. The Labute approximate surface area is 145 Å². The molecule has 0 atom stereocenters. The predicted molar refractivity (Wildman–Crippen MR) is 90.6 cm³/mol. The van der Waals surface area contributed by atoms with Crippen molar-refractivity contribution in [1.29, 1.82) is 0 Å². The molecule has 0 radical (unpaired) electrons. The molecule has 108 valence electrons. The van der Waals surface area contributed by atoms with E-state index in [0.29, 0.717) is 20.2 Å². The zero-order chi connectivity index (χ0) is 15.6. The molecule has 21 heavy (non-hydrogen) atoms. The van der Waals surface area contributed by atoms with E-state index in [9.17, 15) is 14.9 Å². The van der Waals surface area contributed by atoms with E-state index in [4.69, 9.17) is 0 Å². The highest BCUT2D eigenvalue weighted by Crippen LogP contribution is 2.28. The third-order valence-electron chi connectivity index (χ3n) is 2.58. The van der Waals surface area contributed by atoms with Gasteiger partial charge >= 0.3 is 0 Å². The number of benzene rings is 2. The maximum absolute atomic E-state index is 12.2. The van der Waals surface area contributed by atoms with Gasteiger partial charge in [-0.15, -0.1) is 0 Å². The molecule has 0 unspecified atom stereocenters. The molecule has 0 heterocycles. The maximum atomic E-state index is 12.2. The van der Waals surface area contributed by atoms with Crippen molar-refractivity contribution in [2.75, 3.05) is 5.32 Å². The Morgan fingerprint density at radius 2 is 1.76 bits per heavy atom. The molecule has 0 saturated heterocycles. The van der Waals surface area contributed by atoms with Crippen LogP contribution in [0.15, 0.2) is 49.8 Å². The molecule has 0 spiro atoms. The lowest BCUT2D eigenvalue weighted by Gasteiger charge is -2.08. The van der Waals surface area contributed by atoms with E-state index in [0.717, 1.165) is 4.47 Å². The van der Waals surface area contributed by atoms with Crippen LogP contribution in [0.3, 0.4) is 0 Å². The summed E-state index contributed by atoms with van der Waals surface area (Å²) in [5, 5.41) is 13.4. The number of carbonyl (C=O) groups excluding carboxylic acids is 1. The summed E-state index contributed by atoms with van der Waals surface area (Å²) in [5.41, 5.74) is 0.873. The molecule has 2 aromatic rings. The van der Waals surface area contributed by atoms with Crippen LogP contribution in [0, 0.1) is 10.1 Å². The van der Waals surface area contributed by atoms with E-state index < -0.39 is 4.92 Å². The van der Waals surface area contributed by atoms with Crippen molar-refractivity contribution in [1.82, 2.24) is 0 Å². The van der Waals surface area contributed by atoms with Gasteiger partial charge in [0.2, 0.25) is 0 Å². The minimum absolute atomic E-state index is 0.0576. The van der Waals surface area contributed by atoms with Crippen LogP contribution in [0.25, 0.3) is 0 Å². The largest absolute Gasteiger partial charge is 0.322 e. The van der Waals surface area contributed by atoms with Crippen molar-refractivity contribution >= 4 is 65.1 Å². The number of anilines is 1. The van der Waals surface area contributed by atoms with Crippen LogP contribution in [-0.2, 0) is 0 Å². The fraction of sp³-hybridized carbons (Fsp3) is 0. The van der Waals surface area contributed by atoms with Gasteiger partial charge in [-0.3, -0.25) is 14.9 Å². The lowest BCUT2D eigenvalue weighted by atomic mass is 10.2. The van der Waals surface area contributed by atoms with Crippen LogP contribution < -0.4 is 5.32 Å². The SMILES string of the molecule is O=C(Nc1ccc([N+](=O)[O-])c(Br)c1)c1ccc(Br)cc1Br. The molecule has 1 amide bonds. The Bertz CT molecular complexity index is 735. The molecule has 8 heteroatoms. The van der Waals surface area contributed by atoms with E-state index in [1.165, 1.54) is 18.2 Å². The summed E-state index contributed by atoms with van der Waals surface area (Å²) < 4.78 is 1.81. The number of hydrogen-bond donors (Lipinski definition) is 1. The molecule has 0 fully saturated rings. The maximum Gasteiger partial charge on any atom is 0.283 e. The highest BCUT2D eigenvalue weighted by atomic mass is 79.9. The number of hydrogen-bond acceptors (Lipinski definition) is 3. The summed E-state index contributed by atoms with van der Waals surface area (Å²) in [6, 6.07) is 9.49. The minimum atomic E-state index is -0.499. The van der Waals surface area contributed by atoms with Crippen molar-refractivity contribution in [2.24, 2.45) is 0 Å². The Morgan fingerprint density at radius 3 is 2.33 bits per heavy atom. The first-order valence-corrected chi connectivity index (χ1v) is 7.96. The second kappa shape index (κ2) is 6.67.